The molecule has 1 saturated heterocycles. The lowest BCUT2D eigenvalue weighted by molar-refractivity contribution is 0.0526. The van der Waals surface area contributed by atoms with Crippen LogP contribution in [0.3, 0.4) is 0 Å². The molecule has 3 rings (SSSR count). The van der Waals surface area contributed by atoms with Crippen molar-refractivity contribution < 1.29 is 9.53 Å². The molecule has 1 unspecified atom stereocenters. The number of ether oxygens (including phenoxy) is 1. The lowest BCUT2D eigenvalue weighted by Gasteiger charge is -2.42. The molecule has 0 bridgehead atoms. The van der Waals surface area contributed by atoms with E-state index in [4.69, 9.17) is 4.74 Å². The zero-order valence-electron chi connectivity index (χ0n) is 13.4. The fourth-order valence-corrected chi connectivity index (χ4v) is 3.40. The molecule has 1 aliphatic carbocycles. The molecule has 1 aromatic carbocycles. The van der Waals surface area contributed by atoms with Crippen LogP contribution in [-0.2, 0) is 4.74 Å². The molecular weight excluding hydrogens is 274 g/mol. The number of likely N-dealkylation sites (tertiary alicyclic amines) is 1. The Hall–Kier alpha value is -1.61. The van der Waals surface area contributed by atoms with Gasteiger partial charge in [0.1, 0.15) is 0 Å². The number of carbonyl (C=O) groups is 1. The summed E-state index contributed by atoms with van der Waals surface area (Å²) in [5.41, 5.74) is 3.39. The summed E-state index contributed by atoms with van der Waals surface area (Å²) in [6.07, 6.45) is 8.83. The van der Waals surface area contributed by atoms with Gasteiger partial charge in [-0.05, 0) is 63.4 Å². The summed E-state index contributed by atoms with van der Waals surface area (Å²) in [6, 6.07) is 8.44. The number of esters is 1. The Morgan fingerprint density at radius 2 is 2.00 bits per heavy atom. The molecule has 0 spiro atoms. The zero-order valence-corrected chi connectivity index (χ0v) is 13.4. The maximum absolute atomic E-state index is 11.7. The summed E-state index contributed by atoms with van der Waals surface area (Å²) in [7, 11) is 0. The number of carbonyl (C=O) groups excluding carboxylic acids is 1. The Bertz CT molecular complexity index is 543. The summed E-state index contributed by atoms with van der Waals surface area (Å²) in [4.78, 5) is 14.3. The molecular formula is C19H25NO2. The first-order valence-corrected chi connectivity index (χ1v) is 8.49. The molecule has 0 amide bonds. The van der Waals surface area contributed by atoms with Gasteiger partial charge in [-0.15, -0.1) is 0 Å². The maximum atomic E-state index is 11.7. The van der Waals surface area contributed by atoms with Gasteiger partial charge in [-0.3, -0.25) is 4.90 Å². The molecule has 0 aromatic heterocycles. The number of nitrogens with zero attached hydrogens (tertiary/aromatic N) is 1. The largest absolute Gasteiger partial charge is 0.462 e. The second kappa shape index (κ2) is 7.10. The summed E-state index contributed by atoms with van der Waals surface area (Å²) >= 11 is 0. The zero-order chi connectivity index (χ0) is 15.4. The Labute approximate surface area is 133 Å². The van der Waals surface area contributed by atoms with Crippen LogP contribution < -0.4 is 0 Å². The van der Waals surface area contributed by atoms with E-state index in [0.29, 0.717) is 18.2 Å². The van der Waals surface area contributed by atoms with E-state index >= 15 is 0 Å². The Kier molecular flexibility index (Phi) is 4.94. The highest BCUT2D eigenvalue weighted by Crippen LogP contribution is 2.31. The fourth-order valence-electron chi connectivity index (χ4n) is 3.40. The van der Waals surface area contributed by atoms with Gasteiger partial charge in [-0.1, -0.05) is 30.2 Å². The van der Waals surface area contributed by atoms with Gasteiger partial charge in [0, 0.05) is 6.04 Å². The molecule has 22 heavy (non-hydrogen) atoms. The van der Waals surface area contributed by atoms with Crippen LogP contribution >= 0.6 is 0 Å². The van der Waals surface area contributed by atoms with Crippen molar-refractivity contribution in [2.45, 2.75) is 45.1 Å². The second-order valence-electron chi connectivity index (χ2n) is 6.21. The summed E-state index contributed by atoms with van der Waals surface area (Å²) in [6.45, 7) is 4.76. The fraction of sp³-hybridized carbons (Fsp3) is 0.526. The lowest BCUT2D eigenvalue weighted by atomic mass is 9.86. The second-order valence-corrected chi connectivity index (χ2v) is 6.21. The van der Waals surface area contributed by atoms with Crippen LogP contribution in [-0.4, -0.2) is 36.6 Å². The minimum atomic E-state index is -0.238. The van der Waals surface area contributed by atoms with Gasteiger partial charge < -0.3 is 4.74 Å². The van der Waals surface area contributed by atoms with E-state index in [1.807, 2.05) is 31.2 Å². The van der Waals surface area contributed by atoms with Crippen molar-refractivity contribution in [1.29, 1.82) is 0 Å². The molecule has 3 heteroatoms. The average Bonchev–Trinajstić information content (AvgIpc) is 2.48. The van der Waals surface area contributed by atoms with Crippen LogP contribution in [0.1, 0.15) is 54.9 Å². The molecule has 1 aromatic rings. The molecule has 2 aliphatic rings. The van der Waals surface area contributed by atoms with Gasteiger partial charge in [0.2, 0.25) is 0 Å². The van der Waals surface area contributed by atoms with Crippen molar-refractivity contribution >= 4 is 12.0 Å². The first-order chi connectivity index (χ1) is 10.8. The van der Waals surface area contributed by atoms with Crippen molar-refractivity contribution in [3.05, 3.63) is 41.0 Å². The Morgan fingerprint density at radius 1 is 1.23 bits per heavy atom. The van der Waals surface area contributed by atoms with Crippen molar-refractivity contribution in [1.82, 2.24) is 4.90 Å². The van der Waals surface area contributed by atoms with Gasteiger partial charge in [0.25, 0.3) is 0 Å². The lowest BCUT2D eigenvalue weighted by Crippen LogP contribution is -2.46. The third-order valence-electron chi connectivity index (χ3n) is 4.73. The smallest absolute Gasteiger partial charge is 0.338 e. The van der Waals surface area contributed by atoms with Gasteiger partial charge in [0.05, 0.1) is 12.2 Å². The highest BCUT2D eigenvalue weighted by Gasteiger charge is 2.28. The number of hydrogen-bond acceptors (Lipinski definition) is 3. The minimum Gasteiger partial charge on any atom is -0.462 e. The van der Waals surface area contributed by atoms with E-state index in [2.05, 4.69) is 11.0 Å². The van der Waals surface area contributed by atoms with Crippen LogP contribution in [0.25, 0.3) is 6.08 Å². The van der Waals surface area contributed by atoms with Gasteiger partial charge in [-0.2, -0.15) is 0 Å². The van der Waals surface area contributed by atoms with Crippen LogP contribution in [0, 0.1) is 0 Å². The first kappa shape index (κ1) is 15.3. The molecule has 118 valence electrons. The van der Waals surface area contributed by atoms with Crippen LogP contribution in [0.5, 0.6) is 0 Å². The normalized spacial score (nSPS) is 24.0. The Balaban J connectivity index is 1.73. The molecule has 0 radical (unpaired) electrons. The maximum Gasteiger partial charge on any atom is 0.338 e. The number of rotatable bonds is 4. The van der Waals surface area contributed by atoms with E-state index in [1.54, 1.807) is 5.57 Å². The highest BCUT2D eigenvalue weighted by molar-refractivity contribution is 5.89. The SMILES string of the molecule is CCOC(=O)c1ccc(/C=C2\CCCCC2N2CCC2)cc1. The van der Waals surface area contributed by atoms with Crippen LogP contribution in [0.15, 0.2) is 29.8 Å². The molecule has 1 aliphatic heterocycles. The third-order valence-corrected chi connectivity index (χ3v) is 4.73. The summed E-state index contributed by atoms with van der Waals surface area (Å²) in [5, 5.41) is 0. The van der Waals surface area contributed by atoms with Crippen molar-refractivity contribution in [2.24, 2.45) is 0 Å². The van der Waals surface area contributed by atoms with E-state index in [0.717, 1.165) is 0 Å². The molecule has 1 heterocycles. The van der Waals surface area contributed by atoms with Gasteiger partial charge in [-0.25, -0.2) is 4.79 Å². The Morgan fingerprint density at radius 3 is 2.64 bits per heavy atom. The quantitative estimate of drug-likeness (QED) is 0.790. The van der Waals surface area contributed by atoms with Crippen molar-refractivity contribution in [3.63, 3.8) is 0 Å². The number of hydrogen-bond donors (Lipinski definition) is 0. The summed E-state index contributed by atoms with van der Waals surface area (Å²) < 4.78 is 5.03. The molecule has 3 nitrogen and oxygen atoms in total. The van der Waals surface area contributed by atoms with Crippen molar-refractivity contribution in [2.75, 3.05) is 19.7 Å². The molecule has 0 N–H and O–H groups in total. The molecule has 1 atom stereocenters. The standard InChI is InChI=1S/C19H25NO2/c1-2-22-19(21)16-10-8-15(9-11-16)14-17-6-3-4-7-18(17)20-12-5-13-20/h8-11,14,18H,2-7,12-13H2,1H3/b17-14+. The van der Waals surface area contributed by atoms with Gasteiger partial charge in [0.15, 0.2) is 0 Å². The average molecular weight is 299 g/mol. The number of benzene rings is 1. The molecule has 1 saturated carbocycles. The van der Waals surface area contributed by atoms with E-state index in [1.165, 1.54) is 50.8 Å². The molecule has 2 fully saturated rings. The van der Waals surface area contributed by atoms with Gasteiger partial charge >= 0.3 is 5.97 Å². The van der Waals surface area contributed by atoms with Crippen LogP contribution in [0.4, 0.5) is 0 Å². The van der Waals surface area contributed by atoms with E-state index in [-0.39, 0.29) is 5.97 Å². The van der Waals surface area contributed by atoms with E-state index in [9.17, 15) is 4.79 Å². The summed E-state index contributed by atoms with van der Waals surface area (Å²) in [5.74, 6) is -0.238. The topological polar surface area (TPSA) is 29.5 Å². The first-order valence-electron chi connectivity index (χ1n) is 8.49. The predicted molar refractivity (Wildman–Crippen MR) is 88.8 cm³/mol. The minimum absolute atomic E-state index is 0.238. The van der Waals surface area contributed by atoms with Crippen LogP contribution in [0.2, 0.25) is 0 Å². The van der Waals surface area contributed by atoms with Crippen molar-refractivity contribution in [3.8, 4) is 0 Å². The third kappa shape index (κ3) is 3.41. The highest BCUT2D eigenvalue weighted by atomic mass is 16.5. The predicted octanol–water partition coefficient (Wildman–Crippen LogP) is 3.90. The monoisotopic (exact) mass is 299 g/mol. The van der Waals surface area contributed by atoms with E-state index < -0.39 is 0 Å².